The minimum Gasteiger partial charge on any atom is -0.469 e. The van der Waals surface area contributed by atoms with Gasteiger partial charge in [0.2, 0.25) is 0 Å². The van der Waals surface area contributed by atoms with E-state index in [0.717, 1.165) is 18.5 Å². The molecule has 0 saturated carbocycles. The maximum atomic E-state index is 11.9. The van der Waals surface area contributed by atoms with Gasteiger partial charge >= 0.3 is 5.97 Å². The molecule has 0 bridgehead atoms. The predicted octanol–water partition coefficient (Wildman–Crippen LogP) is 3.03. The number of hydrogen-bond acceptors (Lipinski definition) is 3. The number of hydrogen-bond donors (Lipinski definition) is 1. The van der Waals surface area contributed by atoms with E-state index in [1.165, 1.54) is 26.4 Å². The molecule has 1 aliphatic rings. The van der Waals surface area contributed by atoms with Gasteiger partial charge in [-0.1, -0.05) is 42.0 Å². The lowest BCUT2D eigenvalue weighted by Gasteiger charge is -2.16. The summed E-state index contributed by atoms with van der Waals surface area (Å²) < 4.78 is 4.91. The SMILES string of the molecule is COC(=O)C(CNCCC1=CCCC1)c1ccccc1. The van der Waals surface area contributed by atoms with E-state index in [-0.39, 0.29) is 11.9 Å². The fourth-order valence-corrected chi connectivity index (χ4v) is 2.62. The van der Waals surface area contributed by atoms with Crippen LogP contribution in [0.3, 0.4) is 0 Å². The van der Waals surface area contributed by atoms with Crippen molar-refractivity contribution in [1.29, 1.82) is 0 Å². The minimum atomic E-state index is -0.223. The van der Waals surface area contributed by atoms with E-state index in [2.05, 4.69) is 11.4 Å². The van der Waals surface area contributed by atoms with Crippen molar-refractivity contribution >= 4 is 5.97 Å². The van der Waals surface area contributed by atoms with Gasteiger partial charge in [0.05, 0.1) is 13.0 Å². The first-order chi connectivity index (χ1) is 9.81. The molecule has 0 aromatic heterocycles. The van der Waals surface area contributed by atoms with Gasteiger partial charge in [-0.15, -0.1) is 0 Å². The van der Waals surface area contributed by atoms with E-state index in [4.69, 9.17) is 4.74 Å². The Labute approximate surface area is 121 Å². The first kappa shape index (κ1) is 14.8. The van der Waals surface area contributed by atoms with Crippen molar-refractivity contribution < 1.29 is 9.53 Å². The van der Waals surface area contributed by atoms with Crippen LogP contribution in [0.25, 0.3) is 0 Å². The highest BCUT2D eigenvalue weighted by Gasteiger charge is 2.20. The van der Waals surface area contributed by atoms with Crippen LogP contribution in [0.1, 0.15) is 37.2 Å². The standard InChI is InChI=1S/C17H23NO2/c1-20-17(19)16(15-9-3-2-4-10-15)13-18-12-11-14-7-5-6-8-14/h2-4,7,9-10,16,18H,5-6,8,11-13H2,1H3. The number of allylic oxidation sites excluding steroid dienone is 1. The summed E-state index contributed by atoms with van der Waals surface area (Å²) in [6, 6.07) is 9.81. The second kappa shape index (κ2) is 7.85. The van der Waals surface area contributed by atoms with Crippen LogP contribution in [-0.4, -0.2) is 26.2 Å². The van der Waals surface area contributed by atoms with Gasteiger partial charge in [-0.05, 0) is 37.8 Å². The molecule has 2 rings (SSSR count). The number of ether oxygens (including phenoxy) is 1. The molecular weight excluding hydrogens is 250 g/mol. The fourth-order valence-electron chi connectivity index (χ4n) is 2.62. The molecule has 1 aromatic carbocycles. The smallest absolute Gasteiger partial charge is 0.314 e. The van der Waals surface area contributed by atoms with E-state index in [0.29, 0.717) is 6.54 Å². The number of rotatable bonds is 7. The molecule has 1 atom stereocenters. The summed E-state index contributed by atoms with van der Waals surface area (Å²) in [6.45, 7) is 1.55. The molecule has 3 nitrogen and oxygen atoms in total. The van der Waals surface area contributed by atoms with Crippen molar-refractivity contribution in [1.82, 2.24) is 5.32 Å². The van der Waals surface area contributed by atoms with Crippen molar-refractivity contribution in [2.75, 3.05) is 20.2 Å². The zero-order valence-electron chi connectivity index (χ0n) is 12.1. The number of methoxy groups -OCH3 is 1. The van der Waals surface area contributed by atoms with Gasteiger partial charge in [0.15, 0.2) is 0 Å². The zero-order valence-corrected chi connectivity index (χ0v) is 12.1. The lowest BCUT2D eigenvalue weighted by atomic mass is 9.99. The van der Waals surface area contributed by atoms with Crippen LogP contribution in [0, 0.1) is 0 Å². The second-order valence-corrected chi connectivity index (χ2v) is 5.20. The summed E-state index contributed by atoms with van der Waals surface area (Å²) >= 11 is 0. The van der Waals surface area contributed by atoms with Crippen LogP contribution in [0.4, 0.5) is 0 Å². The van der Waals surface area contributed by atoms with Gasteiger partial charge < -0.3 is 10.1 Å². The third kappa shape index (κ3) is 4.20. The van der Waals surface area contributed by atoms with E-state index in [1.54, 1.807) is 5.57 Å². The number of benzene rings is 1. The molecule has 20 heavy (non-hydrogen) atoms. The molecule has 3 heteroatoms. The van der Waals surface area contributed by atoms with E-state index in [1.807, 2.05) is 30.3 Å². The average Bonchev–Trinajstić information content (AvgIpc) is 3.01. The molecular formula is C17H23NO2. The van der Waals surface area contributed by atoms with Crippen molar-refractivity contribution in [3.05, 3.63) is 47.5 Å². The van der Waals surface area contributed by atoms with Gasteiger partial charge in [-0.2, -0.15) is 0 Å². The Morgan fingerprint density at radius 1 is 1.35 bits per heavy atom. The quantitative estimate of drug-likeness (QED) is 0.471. The molecule has 0 amide bonds. The average molecular weight is 273 g/mol. The van der Waals surface area contributed by atoms with Gasteiger partial charge in [-0.25, -0.2) is 0 Å². The highest BCUT2D eigenvalue weighted by molar-refractivity contribution is 5.78. The van der Waals surface area contributed by atoms with Crippen LogP contribution >= 0.6 is 0 Å². The summed E-state index contributed by atoms with van der Waals surface area (Å²) in [5, 5.41) is 3.38. The predicted molar refractivity (Wildman–Crippen MR) is 80.6 cm³/mol. The summed E-state index contributed by atoms with van der Waals surface area (Å²) in [7, 11) is 1.45. The molecule has 108 valence electrons. The van der Waals surface area contributed by atoms with Gasteiger partial charge in [-0.3, -0.25) is 4.79 Å². The Morgan fingerprint density at radius 2 is 2.15 bits per heavy atom. The summed E-state index contributed by atoms with van der Waals surface area (Å²) in [6.07, 6.45) is 7.19. The fraction of sp³-hybridized carbons (Fsp3) is 0.471. The third-order valence-corrected chi connectivity index (χ3v) is 3.79. The third-order valence-electron chi connectivity index (χ3n) is 3.79. The molecule has 0 aliphatic heterocycles. The second-order valence-electron chi connectivity index (χ2n) is 5.20. The molecule has 1 aromatic rings. The normalized spacial score (nSPS) is 15.8. The summed E-state index contributed by atoms with van der Waals surface area (Å²) in [5.41, 5.74) is 2.55. The molecule has 1 N–H and O–H groups in total. The lowest BCUT2D eigenvalue weighted by molar-refractivity contribution is -0.142. The van der Waals surface area contributed by atoms with Crippen molar-refractivity contribution in [3.8, 4) is 0 Å². The number of esters is 1. The Kier molecular flexibility index (Phi) is 5.81. The number of nitrogens with one attached hydrogen (secondary N) is 1. The first-order valence-electron chi connectivity index (χ1n) is 7.32. The molecule has 0 fully saturated rings. The largest absolute Gasteiger partial charge is 0.469 e. The van der Waals surface area contributed by atoms with Crippen molar-refractivity contribution in [2.24, 2.45) is 0 Å². The Morgan fingerprint density at radius 3 is 2.80 bits per heavy atom. The topological polar surface area (TPSA) is 38.3 Å². The molecule has 0 radical (unpaired) electrons. The monoisotopic (exact) mass is 273 g/mol. The van der Waals surface area contributed by atoms with E-state index in [9.17, 15) is 4.79 Å². The first-order valence-corrected chi connectivity index (χ1v) is 7.32. The highest BCUT2D eigenvalue weighted by Crippen LogP contribution is 2.20. The number of carbonyl (C=O) groups excluding carboxylic acids is 1. The Hall–Kier alpha value is -1.61. The number of carbonyl (C=O) groups is 1. The molecule has 0 spiro atoms. The van der Waals surface area contributed by atoms with E-state index < -0.39 is 0 Å². The van der Waals surface area contributed by atoms with Crippen LogP contribution in [0.2, 0.25) is 0 Å². The minimum absolute atomic E-state index is 0.177. The van der Waals surface area contributed by atoms with Crippen LogP contribution in [0.5, 0.6) is 0 Å². The highest BCUT2D eigenvalue weighted by atomic mass is 16.5. The van der Waals surface area contributed by atoms with Crippen molar-refractivity contribution in [2.45, 2.75) is 31.6 Å². The van der Waals surface area contributed by atoms with Gasteiger partial charge in [0, 0.05) is 6.54 Å². The summed E-state index contributed by atoms with van der Waals surface area (Å²) in [4.78, 5) is 11.9. The lowest BCUT2D eigenvalue weighted by Crippen LogP contribution is -2.28. The van der Waals surface area contributed by atoms with Crippen LogP contribution < -0.4 is 5.32 Å². The maximum Gasteiger partial charge on any atom is 0.314 e. The molecule has 0 heterocycles. The Balaban J connectivity index is 1.83. The zero-order chi connectivity index (χ0) is 14.2. The van der Waals surface area contributed by atoms with E-state index >= 15 is 0 Å². The van der Waals surface area contributed by atoms with Crippen molar-refractivity contribution in [3.63, 3.8) is 0 Å². The summed E-state index contributed by atoms with van der Waals surface area (Å²) in [5.74, 6) is -0.400. The van der Waals surface area contributed by atoms with Crippen LogP contribution in [0.15, 0.2) is 42.0 Å². The van der Waals surface area contributed by atoms with Crippen LogP contribution in [-0.2, 0) is 9.53 Å². The molecule has 1 unspecified atom stereocenters. The van der Waals surface area contributed by atoms with Gasteiger partial charge in [0.25, 0.3) is 0 Å². The molecule has 0 saturated heterocycles. The maximum absolute atomic E-state index is 11.9. The molecule has 1 aliphatic carbocycles. The Bertz CT molecular complexity index is 453. The van der Waals surface area contributed by atoms with Gasteiger partial charge in [0.1, 0.15) is 0 Å².